The molecule has 6 heteroatoms. The van der Waals surface area contributed by atoms with Crippen LogP contribution in [0.4, 0.5) is 0 Å². The van der Waals surface area contributed by atoms with Crippen LogP contribution in [0, 0.1) is 0 Å². The number of hydrogen-bond acceptors (Lipinski definition) is 6. The summed E-state index contributed by atoms with van der Waals surface area (Å²) >= 11 is 0. The minimum absolute atomic E-state index is 0.507. The van der Waals surface area contributed by atoms with Gasteiger partial charge in [-0.2, -0.15) is 0 Å². The van der Waals surface area contributed by atoms with Crippen molar-refractivity contribution in [3.05, 3.63) is 140 Å². The quantitative estimate of drug-likeness (QED) is 0.207. The Bertz CT molecular complexity index is 2560. The summed E-state index contributed by atoms with van der Waals surface area (Å²) in [5, 5.41) is 4.14. The zero-order chi connectivity index (χ0) is 29.7. The second-order valence-corrected chi connectivity index (χ2v) is 11.0. The lowest BCUT2D eigenvalue weighted by molar-refractivity contribution is 0.669. The van der Waals surface area contributed by atoms with E-state index in [1.165, 1.54) is 0 Å². The molecule has 0 aliphatic heterocycles. The van der Waals surface area contributed by atoms with Crippen LogP contribution < -0.4 is 0 Å². The zero-order valence-corrected chi connectivity index (χ0v) is 23.9. The van der Waals surface area contributed by atoms with E-state index in [1.807, 2.05) is 85.1 Å². The fourth-order valence-corrected chi connectivity index (χ4v) is 5.96. The van der Waals surface area contributed by atoms with Crippen LogP contribution in [0.25, 0.3) is 89.2 Å². The fourth-order valence-electron chi connectivity index (χ4n) is 5.96. The fraction of sp³-hybridized carbons (Fsp3) is 0. The molecule has 210 valence electrons. The molecule has 0 saturated heterocycles. The van der Waals surface area contributed by atoms with Crippen molar-refractivity contribution < 1.29 is 4.42 Å². The Morgan fingerprint density at radius 3 is 2.18 bits per heavy atom. The lowest BCUT2D eigenvalue weighted by Gasteiger charge is -2.10. The van der Waals surface area contributed by atoms with Gasteiger partial charge < -0.3 is 4.42 Å². The van der Waals surface area contributed by atoms with E-state index in [0.29, 0.717) is 23.2 Å². The summed E-state index contributed by atoms with van der Waals surface area (Å²) in [4.78, 5) is 24.5. The maximum atomic E-state index is 6.18. The Balaban J connectivity index is 1.22. The summed E-state index contributed by atoms with van der Waals surface area (Å²) in [6, 6.07) is 44.8. The summed E-state index contributed by atoms with van der Waals surface area (Å²) in [5.74, 6) is 1.66. The SMILES string of the molecule is c1ccc(-c2nc(-c3ccc4ccc(-c5ccc6ncccc6c5)cc4n3)nc(-c3cccc4oc5ccccc5c34)n2)cc1. The molecule has 0 atom stereocenters. The molecule has 0 fully saturated rings. The molecule has 0 aliphatic carbocycles. The van der Waals surface area contributed by atoms with E-state index < -0.39 is 0 Å². The van der Waals surface area contributed by atoms with E-state index in [1.54, 1.807) is 0 Å². The highest BCUT2D eigenvalue weighted by molar-refractivity contribution is 6.11. The van der Waals surface area contributed by atoms with Gasteiger partial charge in [0.05, 0.1) is 11.0 Å². The van der Waals surface area contributed by atoms with Crippen molar-refractivity contribution in [2.45, 2.75) is 0 Å². The third-order valence-electron chi connectivity index (χ3n) is 8.17. The average Bonchev–Trinajstić information content (AvgIpc) is 3.50. The van der Waals surface area contributed by atoms with E-state index in [9.17, 15) is 0 Å². The molecule has 45 heavy (non-hydrogen) atoms. The van der Waals surface area contributed by atoms with Crippen LogP contribution in [-0.4, -0.2) is 24.9 Å². The van der Waals surface area contributed by atoms with Gasteiger partial charge in [0.1, 0.15) is 16.9 Å². The number of furan rings is 1. The molecule has 5 aromatic carbocycles. The lowest BCUT2D eigenvalue weighted by atomic mass is 10.0. The van der Waals surface area contributed by atoms with Crippen molar-refractivity contribution in [1.29, 1.82) is 0 Å². The number of aromatic nitrogens is 5. The topological polar surface area (TPSA) is 77.6 Å². The third-order valence-corrected chi connectivity index (χ3v) is 8.17. The van der Waals surface area contributed by atoms with Crippen LogP contribution in [-0.2, 0) is 0 Å². The summed E-state index contributed by atoms with van der Waals surface area (Å²) in [6.45, 7) is 0. The van der Waals surface area contributed by atoms with Crippen LogP contribution in [0.3, 0.4) is 0 Å². The van der Waals surface area contributed by atoms with Crippen LogP contribution in [0.2, 0.25) is 0 Å². The highest BCUT2D eigenvalue weighted by Gasteiger charge is 2.18. The third kappa shape index (κ3) is 4.39. The highest BCUT2D eigenvalue weighted by atomic mass is 16.3. The maximum absolute atomic E-state index is 6.18. The van der Waals surface area contributed by atoms with Crippen LogP contribution in [0.15, 0.2) is 144 Å². The molecular weight excluding hydrogens is 554 g/mol. The monoisotopic (exact) mass is 577 g/mol. The van der Waals surface area contributed by atoms with Crippen LogP contribution >= 0.6 is 0 Å². The summed E-state index contributed by atoms with van der Waals surface area (Å²) in [5.41, 5.74) is 8.10. The first-order chi connectivity index (χ1) is 22.3. The van der Waals surface area contributed by atoms with E-state index in [-0.39, 0.29) is 0 Å². The minimum atomic E-state index is 0.507. The summed E-state index contributed by atoms with van der Waals surface area (Å²) in [7, 11) is 0. The molecule has 4 aromatic heterocycles. The summed E-state index contributed by atoms with van der Waals surface area (Å²) in [6.07, 6.45) is 1.82. The average molecular weight is 578 g/mol. The largest absolute Gasteiger partial charge is 0.456 e. The van der Waals surface area contributed by atoms with Crippen molar-refractivity contribution >= 4 is 43.7 Å². The first kappa shape index (κ1) is 25.2. The standard InChI is InChI=1S/C39H23N5O/c1-2-8-25(9-3-1)37-42-38(30-12-6-14-35-36(30)29-11-4-5-13-34(29)45-35)44-39(43-37)32-20-17-24-15-16-27(23-33(24)41-32)26-18-19-31-28(22-26)10-7-21-40-31/h1-23H. The van der Waals surface area contributed by atoms with Crippen molar-refractivity contribution in [3.63, 3.8) is 0 Å². The van der Waals surface area contributed by atoms with Gasteiger partial charge in [-0.25, -0.2) is 19.9 Å². The molecule has 0 unspecified atom stereocenters. The van der Waals surface area contributed by atoms with Gasteiger partial charge >= 0.3 is 0 Å². The second-order valence-electron chi connectivity index (χ2n) is 11.0. The normalized spacial score (nSPS) is 11.6. The highest BCUT2D eigenvalue weighted by Crippen LogP contribution is 2.36. The molecule has 0 radical (unpaired) electrons. The molecule has 0 amide bonds. The molecule has 0 aliphatic rings. The molecule has 0 spiro atoms. The second kappa shape index (κ2) is 10.2. The number of benzene rings is 5. The number of pyridine rings is 2. The molecule has 0 bridgehead atoms. The van der Waals surface area contributed by atoms with E-state index in [0.717, 1.165) is 66.0 Å². The van der Waals surface area contributed by atoms with Gasteiger partial charge in [0.2, 0.25) is 0 Å². The van der Waals surface area contributed by atoms with Gasteiger partial charge in [-0.3, -0.25) is 4.98 Å². The molecular formula is C39H23N5O. The molecule has 9 aromatic rings. The Labute approximate surface area is 257 Å². The van der Waals surface area contributed by atoms with Gasteiger partial charge in [0.25, 0.3) is 0 Å². The number of nitrogens with zero attached hydrogens (tertiary/aromatic N) is 5. The van der Waals surface area contributed by atoms with Crippen molar-refractivity contribution in [1.82, 2.24) is 24.9 Å². The van der Waals surface area contributed by atoms with E-state index in [2.05, 4.69) is 59.6 Å². The zero-order valence-electron chi connectivity index (χ0n) is 23.9. The van der Waals surface area contributed by atoms with Crippen LogP contribution in [0.5, 0.6) is 0 Å². The molecule has 9 rings (SSSR count). The van der Waals surface area contributed by atoms with Crippen molar-refractivity contribution in [2.75, 3.05) is 0 Å². The van der Waals surface area contributed by atoms with Crippen molar-refractivity contribution in [3.8, 4) is 45.4 Å². The number of rotatable bonds is 4. The minimum Gasteiger partial charge on any atom is -0.456 e. The first-order valence-corrected chi connectivity index (χ1v) is 14.8. The van der Waals surface area contributed by atoms with Gasteiger partial charge in [0, 0.05) is 38.9 Å². The van der Waals surface area contributed by atoms with Gasteiger partial charge in [-0.1, -0.05) is 91.0 Å². The Hall–Kier alpha value is -6.27. The number of para-hydroxylation sites is 1. The van der Waals surface area contributed by atoms with Gasteiger partial charge in [0.15, 0.2) is 17.5 Å². The smallest absolute Gasteiger partial charge is 0.182 e. The van der Waals surface area contributed by atoms with Gasteiger partial charge in [-0.15, -0.1) is 0 Å². The number of hydrogen-bond donors (Lipinski definition) is 0. The molecule has 4 heterocycles. The van der Waals surface area contributed by atoms with Crippen molar-refractivity contribution in [2.24, 2.45) is 0 Å². The Morgan fingerprint density at radius 1 is 0.444 bits per heavy atom. The van der Waals surface area contributed by atoms with Gasteiger partial charge in [-0.05, 0) is 53.6 Å². The lowest BCUT2D eigenvalue weighted by Crippen LogP contribution is -2.01. The maximum Gasteiger partial charge on any atom is 0.182 e. The molecule has 6 nitrogen and oxygen atoms in total. The Morgan fingerprint density at radius 2 is 1.22 bits per heavy atom. The summed E-state index contributed by atoms with van der Waals surface area (Å²) < 4.78 is 6.18. The Kier molecular flexibility index (Phi) is 5.71. The van der Waals surface area contributed by atoms with E-state index in [4.69, 9.17) is 24.4 Å². The predicted octanol–water partition coefficient (Wildman–Crippen LogP) is 9.54. The molecule has 0 N–H and O–H groups in total. The predicted molar refractivity (Wildman–Crippen MR) is 179 cm³/mol. The first-order valence-electron chi connectivity index (χ1n) is 14.8. The van der Waals surface area contributed by atoms with E-state index >= 15 is 0 Å². The number of fused-ring (bicyclic) bond motifs is 5. The molecule has 0 saturated carbocycles. The van der Waals surface area contributed by atoms with Crippen LogP contribution in [0.1, 0.15) is 0 Å².